The van der Waals surface area contributed by atoms with Gasteiger partial charge in [0.05, 0.1) is 12.3 Å². The number of carbonyl (C=O) groups excluding carboxylic acids is 1. The number of fused-ring (bicyclic) bond motifs is 2. The molecule has 5 rings (SSSR count). The number of carbonyl (C=O) groups is 1. The van der Waals surface area contributed by atoms with E-state index in [4.69, 9.17) is 30.5 Å². The van der Waals surface area contributed by atoms with E-state index in [1.165, 1.54) is 0 Å². The van der Waals surface area contributed by atoms with E-state index in [2.05, 4.69) is 10.1 Å². The van der Waals surface area contributed by atoms with Gasteiger partial charge in [0.15, 0.2) is 11.6 Å². The Kier molecular flexibility index (Phi) is 6.24. The standard InChI is InChI=1S/C24H33ClN4O6/c1-23(2,3)35-22(31)28(13-8-6-7-9-13)20-15-11-10-14(29(15)27-21(25)26-20)17-19-18(16(12-30)32-17)33-24(4,5)34-19/h10-11,13,16-19,30H,6-9,12H2,1-5H3/t16-,17+,18-,19+/m1/s1. The fourth-order valence-corrected chi connectivity index (χ4v) is 5.47. The van der Waals surface area contributed by atoms with Crippen LogP contribution in [0.25, 0.3) is 5.52 Å². The zero-order valence-corrected chi connectivity index (χ0v) is 21.5. The number of amides is 1. The van der Waals surface area contributed by atoms with Crippen molar-refractivity contribution < 1.29 is 28.8 Å². The van der Waals surface area contributed by atoms with Gasteiger partial charge in [-0.05, 0) is 71.2 Å². The molecule has 0 radical (unpaired) electrons. The SMILES string of the molecule is CC(C)(C)OC(=O)N(c1nc(Cl)nn2c([C@@H]3O[C@H](CO)[C@H]4OC(C)(C)O[C@H]43)ccc12)C1CCCC1. The first kappa shape index (κ1) is 24.7. The maximum atomic E-state index is 13.4. The van der Waals surface area contributed by atoms with Crippen LogP contribution in [0.5, 0.6) is 0 Å². The van der Waals surface area contributed by atoms with Crippen LogP contribution in [0, 0.1) is 0 Å². The van der Waals surface area contributed by atoms with Crippen molar-refractivity contribution in [2.75, 3.05) is 11.5 Å². The largest absolute Gasteiger partial charge is 0.443 e. The van der Waals surface area contributed by atoms with Gasteiger partial charge in [-0.15, -0.1) is 5.10 Å². The van der Waals surface area contributed by atoms with Crippen LogP contribution in [-0.2, 0) is 18.9 Å². The molecule has 1 saturated carbocycles. The molecule has 3 fully saturated rings. The van der Waals surface area contributed by atoms with Crippen LogP contribution in [0.1, 0.15) is 72.1 Å². The summed E-state index contributed by atoms with van der Waals surface area (Å²) in [6.07, 6.45) is 1.36. The fourth-order valence-electron chi connectivity index (χ4n) is 5.32. The number of halogens is 1. The molecule has 4 atom stereocenters. The molecule has 0 spiro atoms. The van der Waals surface area contributed by atoms with E-state index in [1.807, 2.05) is 46.8 Å². The molecule has 0 unspecified atom stereocenters. The number of anilines is 1. The van der Waals surface area contributed by atoms with Crippen molar-refractivity contribution in [1.29, 1.82) is 0 Å². The number of aromatic nitrogens is 3. The van der Waals surface area contributed by atoms with Gasteiger partial charge in [-0.2, -0.15) is 4.98 Å². The van der Waals surface area contributed by atoms with Crippen LogP contribution in [0.2, 0.25) is 5.28 Å². The third kappa shape index (κ3) is 4.62. The van der Waals surface area contributed by atoms with Crippen molar-refractivity contribution in [1.82, 2.24) is 14.6 Å². The summed E-state index contributed by atoms with van der Waals surface area (Å²) in [6, 6.07) is 3.66. The fraction of sp³-hybridized carbons (Fsp3) is 0.708. The lowest BCUT2D eigenvalue weighted by Gasteiger charge is -2.31. The molecule has 10 nitrogen and oxygen atoms in total. The lowest BCUT2D eigenvalue weighted by Crippen LogP contribution is -2.43. The number of nitrogens with zero attached hydrogens (tertiary/aromatic N) is 4. The average Bonchev–Trinajstić information content (AvgIpc) is 3.50. The number of hydrogen-bond acceptors (Lipinski definition) is 8. The molecular formula is C24H33ClN4O6. The summed E-state index contributed by atoms with van der Waals surface area (Å²) in [5.41, 5.74) is 0.619. The molecule has 0 bridgehead atoms. The molecule has 11 heteroatoms. The number of hydrogen-bond donors (Lipinski definition) is 1. The van der Waals surface area contributed by atoms with E-state index >= 15 is 0 Å². The maximum Gasteiger partial charge on any atom is 0.416 e. The topological polar surface area (TPSA) is 108 Å². The Morgan fingerprint density at radius 1 is 1.26 bits per heavy atom. The Labute approximate surface area is 209 Å². The van der Waals surface area contributed by atoms with Crippen LogP contribution in [0.15, 0.2) is 12.1 Å². The first-order valence-electron chi connectivity index (χ1n) is 12.2. The Bertz CT molecular complexity index is 1110. The summed E-state index contributed by atoms with van der Waals surface area (Å²) in [6.45, 7) is 9.00. The van der Waals surface area contributed by atoms with Gasteiger partial charge in [-0.25, -0.2) is 9.31 Å². The molecule has 0 aromatic carbocycles. The lowest BCUT2D eigenvalue weighted by molar-refractivity contribution is -0.191. The maximum absolute atomic E-state index is 13.4. The lowest BCUT2D eigenvalue weighted by atomic mass is 10.1. The minimum absolute atomic E-state index is 0.00585. The Balaban J connectivity index is 1.57. The van der Waals surface area contributed by atoms with Crippen LogP contribution in [0.3, 0.4) is 0 Å². The number of aliphatic hydroxyl groups is 1. The second-order valence-electron chi connectivity index (χ2n) is 10.9. The molecule has 3 aliphatic rings. The third-order valence-electron chi connectivity index (χ3n) is 6.62. The quantitative estimate of drug-likeness (QED) is 0.659. The molecule has 2 aromatic heterocycles. The third-order valence-corrected chi connectivity index (χ3v) is 6.78. The summed E-state index contributed by atoms with van der Waals surface area (Å²) in [7, 11) is 0. The van der Waals surface area contributed by atoms with E-state index in [0.717, 1.165) is 25.7 Å². The van der Waals surface area contributed by atoms with Gasteiger partial charge in [0, 0.05) is 6.04 Å². The van der Waals surface area contributed by atoms with Crippen molar-refractivity contribution in [3.05, 3.63) is 23.1 Å². The number of rotatable bonds is 4. The van der Waals surface area contributed by atoms with Gasteiger partial charge in [0.25, 0.3) is 0 Å². The minimum Gasteiger partial charge on any atom is -0.443 e. The second-order valence-corrected chi connectivity index (χ2v) is 11.2. The van der Waals surface area contributed by atoms with Crippen LogP contribution >= 0.6 is 11.6 Å². The highest BCUT2D eigenvalue weighted by atomic mass is 35.5. The molecule has 192 valence electrons. The molecule has 1 amide bonds. The monoisotopic (exact) mass is 508 g/mol. The van der Waals surface area contributed by atoms with Crippen molar-refractivity contribution in [3.63, 3.8) is 0 Å². The molecule has 1 N–H and O–H groups in total. The molecule has 2 saturated heterocycles. The van der Waals surface area contributed by atoms with Crippen molar-refractivity contribution in [2.24, 2.45) is 0 Å². The van der Waals surface area contributed by atoms with Crippen molar-refractivity contribution in [3.8, 4) is 0 Å². The predicted octanol–water partition coefficient (Wildman–Crippen LogP) is 4.02. The van der Waals surface area contributed by atoms with Gasteiger partial charge in [0.1, 0.15) is 35.5 Å². The molecule has 2 aliphatic heterocycles. The second kappa shape index (κ2) is 8.85. The van der Waals surface area contributed by atoms with Crippen molar-refractivity contribution >= 4 is 29.0 Å². The van der Waals surface area contributed by atoms with Crippen molar-refractivity contribution in [2.45, 2.75) is 102 Å². The van der Waals surface area contributed by atoms with Gasteiger partial charge in [-0.3, -0.25) is 4.90 Å². The van der Waals surface area contributed by atoms with Gasteiger partial charge in [0.2, 0.25) is 5.28 Å². The first-order valence-corrected chi connectivity index (χ1v) is 12.5. The van der Waals surface area contributed by atoms with Crippen LogP contribution in [0.4, 0.5) is 10.6 Å². The first-order chi connectivity index (χ1) is 16.5. The normalized spacial score (nSPS) is 28.5. The van der Waals surface area contributed by atoms with Crippen LogP contribution < -0.4 is 4.90 Å². The van der Waals surface area contributed by atoms with E-state index < -0.39 is 41.9 Å². The number of aliphatic hydroxyl groups excluding tert-OH is 1. The number of ether oxygens (including phenoxy) is 4. The molecular weight excluding hydrogens is 476 g/mol. The molecule has 2 aromatic rings. The van der Waals surface area contributed by atoms with E-state index in [-0.39, 0.29) is 17.9 Å². The highest BCUT2D eigenvalue weighted by Crippen LogP contribution is 2.45. The highest BCUT2D eigenvalue weighted by molar-refractivity contribution is 6.28. The summed E-state index contributed by atoms with van der Waals surface area (Å²) in [5.74, 6) is -0.402. The molecule has 4 heterocycles. The Morgan fingerprint density at radius 3 is 2.60 bits per heavy atom. The molecule has 35 heavy (non-hydrogen) atoms. The summed E-state index contributed by atoms with van der Waals surface area (Å²) in [4.78, 5) is 19.5. The average molecular weight is 509 g/mol. The Morgan fingerprint density at radius 2 is 1.94 bits per heavy atom. The summed E-state index contributed by atoms with van der Waals surface area (Å²) >= 11 is 6.40. The highest BCUT2D eigenvalue weighted by Gasteiger charge is 2.56. The van der Waals surface area contributed by atoms with Gasteiger partial charge >= 0.3 is 6.09 Å². The van der Waals surface area contributed by atoms with Gasteiger partial charge in [-0.1, -0.05) is 12.8 Å². The van der Waals surface area contributed by atoms with E-state index in [1.54, 1.807) is 9.42 Å². The predicted molar refractivity (Wildman–Crippen MR) is 127 cm³/mol. The van der Waals surface area contributed by atoms with Crippen LogP contribution in [-0.4, -0.2) is 68.1 Å². The zero-order chi connectivity index (χ0) is 25.1. The smallest absolute Gasteiger partial charge is 0.416 e. The zero-order valence-electron chi connectivity index (χ0n) is 20.7. The minimum atomic E-state index is -0.800. The summed E-state index contributed by atoms with van der Waals surface area (Å²) < 4.78 is 25.7. The van der Waals surface area contributed by atoms with E-state index in [0.29, 0.717) is 17.0 Å². The van der Waals surface area contributed by atoms with Gasteiger partial charge < -0.3 is 24.1 Å². The summed E-state index contributed by atoms with van der Waals surface area (Å²) in [5, 5.41) is 14.3. The Hall–Kier alpha value is -1.98. The molecule has 1 aliphatic carbocycles. The van der Waals surface area contributed by atoms with E-state index in [9.17, 15) is 9.90 Å².